The van der Waals surface area contributed by atoms with Gasteiger partial charge in [0, 0.05) is 26.8 Å². The summed E-state index contributed by atoms with van der Waals surface area (Å²) in [6.07, 6.45) is 3.87. The van der Waals surface area contributed by atoms with Crippen molar-refractivity contribution in [1.29, 1.82) is 0 Å². The minimum atomic E-state index is 0.336. The molecule has 0 saturated carbocycles. The van der Waals surface area contributed by atoms with E-state index in [2.05, 4.69) is 33.0 Å². The first-order valence-electron chi connectivity index (χ1n) is 6.91. The Labute approximate surface area is 107 Å². The summed E-state index contributed by atoms with van der Waals surface area (Å²) in [5.74, 6) is 0. The van der Waals surface area contributed by atoms with E-state index in [4.69, 9.17) is 9.47 Å². The molecule has 0 unspecified atom stereocenters. The lowest BCUT2D eigenvalue weighted by atomic mass is 9.79. The molecule has 0 heterocycles. The molecule has 104 valence electrons. The molecule has 0 atom stereocenters. The zero-order valence-electron chi connectivity index (χ0n) is 12.3. The summed E-state index contributed by atoms with van der Waals surface area (Å²) in [5, 5.41) is 3.49. The highest BCUT2D eigenvalue weighted by molar-refractivity contribution is 4.79. The number of ether oxygens (including phenoxy) is 2. The maximum Gasteiger partial charge on any atom is 0.0587 e. The van der Waals surface area contributed by atoms with Crippen LogP contribution in [0.15, 0.2) is 0 Å². The number of methoxy groups -OCH3 is 1. The second kappa shape index (κ2) is 9.86. The summed E-state index contributed by atoms with van der Waals surface area (Å²) in [4.78, 5) is 0. The molecule has 0 bridgehead atoms. The highest BCUT2D eigenvalue weighted by Gasteiger charge is 2.25. The zero-order valence-corrected chi connectivity index (χ0v) is 12.3. The second-order valence-corrected chi connectivity index (χ2v) is 5.05. The predicted octanol–water partition coefficient (Wildman–Crippen LogP) is 2.84. The maximum absolute atomic E-state index is 5.68. The highest BCUT2D eigenvalue weighted by Crippen LogP contribution is 2.29. The molecule has 0 aliphatic rings. The lowest BCUT2D eigenvalue weighted by molar-refractivity contribution is 0.0473. The van der Waals surface area contributed by atoms with Crippen LogP contribution in [-0.4, -0.2) is 39.5 Å². The first-order valence-corrected chi connectivity index (χ1v) is 6.91. The normalized spacial score (nSPS) is 12.4. The van der Waals surface area contributed by atoms with Crippen molar-refractivity contribution in [3.63, 3.8) is 0 Å². The molecular formula is C14H31NO2. The van der Waals surface area contributed by atoms with Crippen LogP contribution in [-0.2, 0) is 9.47 Å². The van der Waals surface area contributed by atoms with Crippen molar-refractivity contribution in [3.05, 3.63) is 0 Å². The van der Waals surface area contributed by atoms with Gasteiger partial charge < -0.3 is 14.8 Å². The third-order valence-corrected chi connectivity index (χ3v) is 3.57. The molecule has 0 aromatic carbocycles. The summed E-state index contributed by atoms with van der Waals surface area (Å²) < 4.78 is 10.7. The van der Waals surface area contributed by atoms with Crippen molar-refractivity contribution in [3.8, 4) is 0 Å². The Morgan fingerprint density at radius 3 is 2.24 bits per heavy atom. The average molecular weight is 245 g/mol. The lowest BCUT2D eigenvalue weighted by Crippen LogP contribution is -2.36. The standard InChI is InChI=1S/C14H31NO2/c1-6-14(7-2,8-10-17-13(3)4)12-15-9-11-16-5/h13,15H,6-12H2,1-5H3. The largest absolute Gasteiger partial charge is 0.383 e. The first kappa shape index (κ1) is 16.9. The van der Waals surface area contributed by atoms with Crippen molar-refractivity contribution >= 4 is 0 Å². The zero-order chi connectivity index (χ0) is 13.1. The number of rotatable bonds is 11. The number of nitrogens with one attached hydrogen (secondary N) is 1. The molecule has 17 heavy (non-hydrogen) atoms. The van der Waals surface area contributed by atoms with Gasteiger partial charge in [-0.3, -0.25) is 0 Å². The minimum absolute atomic E-state index is 0.336. The van der Waals surface area contributed by atoms with E-state index in [9.17, 15) is 0 Å². The molecular weight excluding hydrogens is 214 g/mol. The molecule has 0 saturated heterocycles. The fourth-order valence-electron chi connectivity index (χ4n) is 1.98. The van der Waals surface area contributed by atoms with E-state index in [1.54, 1.807) is 7.11 Å². The van der Waals surface area contributed by atoms with Gasteiger partial charge in [0.15, 0.2) is 0 Å². The molecule has 0 aliphatic heterocycles. The molecule has 0 rings (SSSR count). The Bertz CT molecular complexity index is 168. The van der Waals surface area contributed by atoms with Crippen LogP contribution in [0.1, 0.15) is 47.0 Å². The summed E-state index contributed by atoms with van der Waals surface area (Å²) in [6.45, 7) is 12.4. The van der Waals surface area contributed by atoms with Crippen molar-refractivity contribution < 1.29 is 9.47 Å². The van der Waals surface area contributed by atoms with E-state index < -0.39 is 0 Å². The van der Waals surface area contributed by atoms with Crippen molar-refractivity contribution in [2.45, 2.75) is 53.1 Å². The molecule has 0 spiro atoms. The van der Waals surface area contributed by atoms with Gasteiger partial charge in [-0.2, -0.15) is 0 Å². The van der Waals surface area contributed by atoms with Crippen molar-refractivity contribution in [2.75, 3.05) is 33.4 Å². The van der Waals surface area contributed by atoms with Crippen LogP contribution in [0.25, 0.3) is 0 Å². The Morgan fingerprint density at radius 1 is 1.12 bits per heavy atom. The van der Waals surface area contributed by atoms with E-state index in [1.165, 1.54) is 12.8 Å². The van der Waals surface area contributed by atoms with Gasteiger partial charge >= 0.3 is 0 Å². The van der Waals surface area contributed by atoms with E-state index >= 15 is 0 Å². The van der Waals surface area contributed by atoms with Crippen molar-refractivity contribution in [1.82, 2.24) is 5.32 Å². The summed E-state index contributed by atoms with van der Waals surface area (Å²) in [5.41, 5.74) is 0.378. The SMILES string of the molecule is CCC(CC)(CCOC(C)C)CNCCOC. The molecule has 0 aromatic rings. The maximum atomic E-state index is 5.68. The van der Waals surface area contributed by atoms with Gasteiger partial charge in [-0.25, -0.2) is 0 Å². The predicted molar refractivity (Wildman–Crippen MR) is 73.5 cm³/mol. The van der Waals surface area contributed by atoms with Gasteiger partial charge in [-0.15, -0.1) is 0 Å². The molecule has 0 amide bonds. The molecule has 0 fully saturated rings. The fourth-order valence-corrected chi connectivity index (χ4v) is 1.98. The van der Waals surface area contributed by atoms with E-state index in [0.29, 0.717) is 11.5 Å². The average Bonchev–Trinajstić information content (AvgIpc) is 2.32. The van der Waals surface area contributed by atoms with Gasteiger partial charge in [0.2, 0.25) is 0 Å². The monoisotopic (exact) mass is 245 g/mol. The Balaban J connectivity index is 3.97. The van der Waals surface area contributed by atoms with Crippen LogP contribution >= 0.6 is 0 Å². The van der Waals surface area contributed by atoms with E-state index in [-0.39, 0.29) is 0 Å². The summed E-state index contributed by atoms with van der Waals surface area (Å²) in [6, 6.07) is 0. The van der Waals surface area contributed by atoms with Crippen LogP contribution < -0.4 is 5.32 Å². The third kappa shape index (κ3) is 7.74. The minimum Gasteiger partial charge on any atom is -0.383 e. The van der Waals surface area contributed by atoms with Crippen LogP contribution in [0.5, 0.6) is 0 Å². The van der Waals surface area contributed by atoms with Gasteiger partial charge in [-0.1, -0.05) is 13.8 Å². The van der Waals surface area contributed by atoms with Gasteiger partial charge in [0.25, 0.3) is 0 Å². The van der Waals surface area contributed by atoms with Crippen LogP contribution in [0.3, 0.4) is 0 Å². The summed E-state index contributed by atoms with van der Waals surface area (Å²) in [7, 11) is 1.74. The Hall–Kier alpha value is -0.120. The highest BCUT2D eigenvalue weighted by atomic mass is 16.5. The molecule has 3 nitrogen and oxygen atoms in total. The lowest BCUT2D eigenvalue weighted by Gasteiger charge is -2.32. The molecule has 1 N–H and O–H groups in total. The first-order chi connectivity index (χ1) is 8.10. The second-order valence-electron chi connectivity index (χ2n) is 5.05. The number of hydrogen-bond donors (Lipinski definition) is 1. The topological polar surface area (TPSA) is 30.5 Å². The smallest absolute Gasteiger partial charge is 0.0587 e. The fraction of sp³-hybridized carbons (Fsp3) is 1.00. The molecule has 0 aromatic heterocycles. The molecule has 0 radical (unpaired) electrons. The molecule has 3 heteroatoms. The molecule has 0 aliphatic carbocycles. The van der Waals surface area contributed by atoms with Crippen LogP contribution in [0, 0.1) is 5.41 Å². The van der Waals surface area contributed by atoms with E-state index in [0.717, 1.165) is 32.7 Å². The third-order valence-electron chi connectivity index (χ3n) is 3.57. The van der Waals surface area contributed by atoms with Gasteiger partial charge in [0.05, 0.1) is 12.7 Å². The Morgan fingerprint density at radius 2 is 1.76 bits per heavy atom. The van der Waals surface area contributed by atoms with Crippen molar-refractivity contribution in [2.24, 2.45) is 5.41 Å². The van der Waals surface area contributed by atoms with Crippen LogP contribution in [0.4, 0.5) is 0 Å². The summed E-state index contributed by atoms with van der Waals surface area (Å²) >= 11 is 0. The Kier molecular flexibility index (Phi) is 9.79. The number of hydrogen-bond acceptors (Lipinski definition) is 3. The van der Waals surface area contributed by atoms with Crippen LogP contribution in [0.2, 0.25) is 0 Å². The van der Waals surface area contributed by atoms with Gasteiger partial charge in [0.1, 0.15) is 0 Å². The quantitative estimate of drug-likeness (QED) is 0.568. The van der Waals surface area contributed by atoms with Gasteiger partial charge in [-0.05, 0) is 38.5 Å². The van der Waals surface area contributed by atoms with E-state index in [1.807, 2.05) is 0 Å².